The van der Waals surface area contributed by atoms with Crippen LogP contribution < -0.4 is 5.32 Å². The van der Waals surface area contributed by atoms with E-state index in [9.17, 15) is 0 Å². The Kier molecular flexibility index (Phi) is 2.17. The number of nitrogens with zero attached hydrogens (tertiary/aromatic N) is 2. The van der Waals surface area contributed by atoms with E-state index < -0.39 is 0 Å². The maximum atomic E-state index is 4.41. The predicted octanol–water partition coefficient (Wildman–Crippen LogP) is 2.60. The van der Waals surface area contributed by atoms with Crippen molar-refractivity contribution in [2.24, 2.45) is 0 Å². The quantitative estimate of drug-likeness (QED) is 0.789. The molecule has 3 heteroatoms. The van der Waals surface area contributed by atoms with E-state index in [1.54, 1.807) is 0 Å². The summed E-state index contributed by atoms with van der Waals surface area (Å²) in [6, 6.07) is 11.0. The van der Waals surface area contributed by atoms with Gasteiger partial charge in [0.25, 0.3) is 0 Å². The molecule has 1 aromatic carbocycles. The molecular weight excluding hydrogens is 198 g/mol. The smallest absolute Gasteiger partial charge is 0.124 e. The Hall–Kier alpha value is -1.77. The Labute approximate surface area is 95.1 Å². The zero-order valence-corrected chi connectivity index (χ0v) is 9.35. The summed E-state index contributed by atoms with van der Waals surface area (Å²) < 4.78 is 2.09. The van der Waals surface area contributed by atoms with E-state index in [1.165, 1.54) is 11.1 Å². The lowest BCUT2D eigenvalue weighted by atomic mass is 9.98. The molecule has 0 saturated heterocycles. The van der Waals surface area contributed by atoms with Crippen molar-refractivity contribution in [1.82, 2.24) is 9.78 Å². The molecule has 0 bridgehead atoms. The lowest BCUT2D eigenvalue weighted by Gasteiger charge is -2.27. The number of benzene rings is 1. The second kappa shape index (κ2) is 3.67. The lowest BCUT2D eigenvalue weighted by Crippen LogP contribution is -2.24. The fourth-order valence-electron chi connectivity index (χ4n) is 2.41. The third kappa shape index (κ3) is 1.40. The third-order valence-electron chi connectivity index (χ3n) is 3.24. The molecule has 0 aliphatic carbocycles. The summed E-state index contributed by atoms with van der Waals surface area (Å²) in [7, 11) is 0. The van der Waals surface area contributed by atoms with Gasteiger partial charge in [0.05, 0.1) is 12.2 Å². The van der Waals surface area contributed by atoms with Gasteiger partial charge in [-0.2, -0.15) is 5.10 Å². The van der Waals surface area contributed by atoms with E-state index in [0.29, 0.717) is 6.04 Å². The highest BCUT2D eigenvalue weighted by atomic mass is 15.4. The Morgan fingerprint density at radius 1 is 1.31 bits per heavy atom. The molecule has 1 aromatic heterocycles. The molecule has 0 amide bonds. The Morgan fingerprint density at radius 3 is 3.06 bits per heavy atom. The van der Waals surface area contributed by atoms with Crippen molar-refractivity contribution in [3.63, 3.8) is 0 Å². The van der Waals surface area contributed by atoms with Gasteiger partial charge in [0.15, 0.2) is 0 Å². The molecule has 1 N–H and O–H groups in total. The minimum absolute atomic E-state index is 0.382. The third-order valence-corrected chi connectivity index (χ3v) is 3.24. The minimum atomic E-state index is 0.382. The van der Waals surface area contributed by atoms with Gasteiger partial charge in [-0.3, -0.25) is 0 Å². The van der Waals surface area contributed by atoms with Gasteiger partial charge in [-0.05, 0) is 24.5 Å². The Balaban J connectivity index is 2.08. The maximum Gasteiger partial charge on any atom is 0.124 e. The van der Waals surface area contributed by atoms with Gasteiger partial charge >= 0.3 is 0 Å². The number of hydrogen-bond acceptors (Lipinski definition) is 2. The average molecular weight is 213 g/mol. The Bertz CT molecular complexity index is 501. The molecule has 1 atom stereocenters. The molecule has 1 aliphatic rings. The molecule has 2 aromatic rings. The van der Waals surface area contributed by atoms with Crippen molar-refractivity contribution in [3.8, 4) is 0 Å². The first-order valence-corrected chi connectivity index (χ1v) is 5.69. The van der Waals surface area contributed by atoms with Crippen LogP contribution in [0, 0.1) is 6.92 Å². The van der Waals surface area contributed by atoms with Gasteiger partial charge in [-0.1, -0.05) is 24.3 Å². The summed E-state index contributed by atoms with van der Waals surface area (Å²) in [4.78, 5) is 0. The second-order valence-corrected chi connectivity index (χ2v) is 4.25. The summed E-state index contributed by atoms with van der Waals surface area (Å²) in [5.74, 6) is 1.12. The molecule has 3 rings (SSSR count). The van der Waals surface area contributed by atoms with Crippen LogP contribution in [0.2, 0.25) is 0 Å². The highest BCUT2D eigenvalue weighted by Gasteiger charge is 2.22. The van der Waals surface area contributed by atoms with Crippen molar-refractivity contribution in [3.05, 3.63) is 47.7 Å². The molecule has 3 nitrogen and oxygen atoms in total. The van der Waals surface area contributed by atoms with Gasteiger partial charge in [0.2, 0.25) is 0 Å². The largest absolute Gasteiger partial charge is 0.370 e. The number of aromatic nitrogens is 2. The van der Waals surface area contributed by atoms with Crippen LogP contribution in [-0.2, 0) is 0 Å². The molecule has 82 valence electrons. The van der Waals surface area contributed by atoms with Crippen molar-refractivity contribution in [1.29, 1.82) is 0 Å². The molecule has 0 fully saturated rings. The first-order valence-electron chi connectivity index (χ1n) is 5.69. The second-order valence-electron chi connectivity index (χ2n) is 4.25. The van der Waals surface area contributed by atoms with Gasteiger partial charge in [-0.25, -0.2) is 4.68 Å². The van der Waals surface area contributed by atoms with E-state index in [2.05, 4.69) is 46.3 Å². The minimum Gasteiger partial charge on any atom is -0.370 e. The number of hydrogen-bond donors (Lipinski definition) is 1. The SMILES string of the molecule is Cc1ccccc1C1CCNc2ccnn21. The molecule has 1 aliphatic heterocycles. The first kappa shape index (κ1) is 9.46. The normalized spacial score (nSPS) is 18.9. The van der Waals surface area contributed by atoms with Crippen LogP contribution in [0.25, 0.3) is 0 Å². The molecule has 1 unspecified atom stereocenters. The highest BCUT2D eigenvalue weighted by Crippen LogP contribution is 2.30. The standard InChI is InChI=1S/C13H15N3/c1-10-4-2-3-5-11(10)12-6-8-14-13-7-9-15-16(12)13/h2-5,7,9,12,14H,6,8H2,1H3. The summed E-state index contributed by atoms with van der Waals surface area (Å²) in [6.07, 6.45) is 2.96. The van der Waals surface area contributed by atoms with Crippen LogP contribution in [0.4, 0.5) is 5.82 Å². The monoisotopic (exact) mass is 213 g/mol. The molecular formula is C13H15N3. The summed E-state index contributed by atoms with van der Waals surface area (Å²) in [5.41, 5.74) is 2.73. The summed E-state index contributed by atoms with van der Waals surface area (Å²) in [5, 5.41) is 7.77. The summed E-state index contributed by atoms with van der Waals surface area (Å²) >= 11 is 0. The number of anilines is 1. The van der Waals surface area contributed by atoms with Crippen LogP contribution in [0.3, 0.4) is 0 Å². The van der Waals surface area contributed by atoms with Crippen LogP contribution >= 0.6 is 0 Å². The molecule has 0 spiro atoms. The first-order chi connectivity index (χ1) is 7.86. The molecule has 2 heterocycles. The molecule has 0 saturated carbocycles. The number of rotatable bonds is 1. The number of fused-ring (bicyclic) bond motifs is 1. The molecule has 16 heavy (non-hydrogen) atoms. The predicted molar refractivity (Wildman–Crippen MR) is 64.7 cm³/mol. The maximum absolute atomic E-state index is 4.41. The average Bonchev–Trinajstić information content (AvgIpc) is 2.77. The van der Waals surface area contributed by atoms with Crippen LogP contribution in [0.15, 0.2) is 36.5 Å². The Morgan fingerprint density at radius 2 is 2.19 bits per heavy atom. The fourth-order valence-corrected chi connectivity index (χ4v) is 2.41. The van der Waals surface area contributed by atoms with Crippen LogP contribution in [0.1, 0.15) is 23.6 Å². The lowest BCUT2D eigenvalue weighted by molar-refractivity contribution is 0.480. The van der Waals surface area contributed by atoms with Crippen molar-refractivity contribution in [2.45, 2.75) is 19.4 Å². The van der Waals surface area contributed by atoms with Crippen molar-refractivity contribution < 1.29 is 0 Å². The zero-order chi connectivity index (χ0) is 11.0. The van der Waals surface area contributed by atoms with Crippen LogP contribution in [-0.4, -0.2) is 16.3 Å². The van der Waals surface area contributed by atoms with Crippen molar-refractivity contribution >= 4 is 5.82 Å². The van der Waals surface area contributed by atoms with Crippen molar-refractivity contribution in [2.75, 3.05) is 11.9 Å². The van der Waals surface area contributed by atoms with E-state index in [-0.39, 0.29) is 0 Å². The van der Waals surface area contributed by atoms with E-state index in [1.807, 2.05) is 12.3 Å². The fraction of sp³-hybridized carbons (Fsp3) is 0.308. The van der Waals surface area contributed by atoms with E-state index in [4.69, 9.17) is 0 Å². The van der Waals surface area contributed by atoms with E-state index >= 15 is 0 Å². The summed E-state index contributed by atoms with van der Waals surface area (Å²) in [6.45, 7) is 3.19. The zero-order valence-electron chi connectivity index (χ0n) is 9.35. The van der Waals surface area contributed by atoms with Gasteiger partial charge in [0, 0.05) is 12.6 Å². The number of aryl methyl sites for hydroxylation is 1. The molecule has 0 radical (unpaired) electrons. The number of nitrogens with one attached hydrogen (secondary N) is 1. The van der Waals surface area contributed by atoms with Gasteiger partial charge in [0.1, 0.15) is 5.82 Å². The van der Waals surface area contributed by atoms with Gasteiger partial charge < -0.3 is 5.32 Å². The van der Waals surface area contributed by atoms with Gasteiger partial charge in [-0.15, -0.1) is 0 Å². The van der Waals surface area contributed by atoms with E-state index in [0.717, 1.165) is 18.8 Å². The highest BCUT2D eigenvalue weighted by molar-refractivity contribution is 5.40. The topological polar surface area (TPSA) is 29.9 Å². The van der Waals surface area contributed by atoms with Crippen LogP contribution in [0.5, 0.6) is 0 Å².